The summed E-state index contributed by atoms with van der Waals surface area (Å²) in [5.41, 5.74) is -0.439. The van der Waals surface area contributed by atoms with Gasteiger partial charge in [0.1, 0.15) is 24.2 Å². The second kappa shape index (κ2) is 13.6. The summed E-state index contributed by atoms with van der Waals surface area (Å²) in [5, 5.41) is 8.02. The molecule has 0 spiro atoms. The maximum Gasteiger partial charge on any atom is 0.408 e. The van der Waals surface area contributed by atoms with Crippen LogP contribution in [0.25, 0.3) is 0 Å². The monoisotopic (exact) mass is 477 g/mol. The number of hydrogen-bond acceptors (Lipinski definition) is 6. The van der Waals surface area contributed by atoms with Crippen LogP contribution in [0.2, 0.25) is 0 Å². The summed E-state index contributed by atoms with van der Waals surface area (Å²) in [6.07, 6.45) is 0.245. The molecule has 0 aliphatic heterocycles. The van der Waals surface area contributed by atoms with Gasteiger partial charge in [-0.15, -0.1) is 0 Å². The van der Waals surface area contributed by atoms with Gasteiger partial charge in [0.05, 0.1) is 7.11 Å². The van der Waals surface area contributed by atoms with Gasteiger partial charge in [0.25, 0.3) is 0 Å². The van der Waals surface area contributed by atoms with E-state index >= 15 is 0 Å². The highest BCUT2D eigenvalue weighted by Crippen LogP contribution is 2.13. The molecule has 0 saturated heterocycles. The van der Waals surface area contributed by atoms with Gasteiger partial charge in [0.2, 0.25) is 11.8 Å². The van der Waals surface area contributed by atoms with Crippen molar-refractivity contribution >= 4 is 23.9 Å². The summed E-state index contributed by atoms with van der Waals surface area (Å²) in [5.74, 6) is -1.73. The summed E-state index contributed by atoms with van der Waals surface area (Å²) in [6.45, 7) is 10.7. The van der Waals surface area contributed by atoms with Crippen LogP contribution in [0.5, 0.6) is 0 Å². The number of carbonyl (C=O) groups is 4. The summed E-state index contributed by atoms with van der Waals surface area (Å²) in [7, 11) is 1.24. The first-order valence-corrected chi connectivity index (χ1v) is 11.6. The Morgan fingerprint density at radius 1 is 0.971 bits per heavy atom. The molecule has 9 nitrogen and oxygen atoms in total. The highest BCUT2D eigenvalue weighted by molar-refractivity contribution is 5.94. The maximum absolute atomic E-state index is 13.2. The molecule has 0 aliphatic carbocycles. The first-order chi connectivity index (χ1) is 15.9. The van der Waals surface area contributed by atoms with E-state index in [1.165, 1.54) is 21.0 Å². The zero-order valence-electron chi connectivity index (χ0n) is 21.3. The summed E-state index contributed by atoms with van der Waals surface area (Å²) < 4.78 is 10.0. The van der Waals surface area contributed by atoms with Crippen molar-refractivity contribution in [3.63, 3.8) is 0 Å². The summed E-state index contributed by atoms with van der Waals surface area (Å²) in [4.78, 5) is 50.5. The molecule has 0 aromatic heterocycles. The van der Waals surface area contributed by atoms with E-state index in [9.17, 15) is 19.2 Å². The van der Waals surface area contributed by atoms with Crippen molar-refractivity contribution in [2.45, 2.75) is 78.6 Å². The molecule has 0 heterocycles. The Balaban J connectivity index is 2.91. The predicted octanol–water partition coefficient (Wildman–Crippen LogP) is 2.93. The van der Waals surface area contributed by atoms with Crippen molar-refractivity contribution in [2.75, 3.05) is 7.11 Å². The summed E-state index contributed by atoms with van der Waals surface area (Å²) in [6, 6.07) is 7.41. The van der Waals surface area contributed by atoms with Crippen molar-refractivity contribution in [1.29, 1.82) is 0 Å². The van der Waals surface area contributed by atoms with E-state index in [1.54, 1.807) is 0 Å². The number of alkyl carbamates (subject to hydrolysis) is 1. The van der Waals surface area contributed by atoms with Crippen molar-refractivity contribution in [3.05, 3.63) is 35.9 Å². The second-order valence-corrected chi connectivity index (χ2v) is 9.37. The lowest BCUT2D eigenvalue weighted by Crippen LogP contribution is -2.59. The number of nitrogens with one attached hydrogen (secondary N) is 3. The first-order valence-electron chi connectivity index (χ1n) is 11.6. The molecule has 3 amide bonds. The lowest BCUT2D eigenvalue weighted by Gasteiger charge is -2.29. The lowest BCUT2D eigenvalue weighted by molar-refractivity contribution is -0.149. The van der Waals surface area contributed by atoms with Crippen LogP contribution in [0.1, 0.15) is 59.9 Å². The normalized spacial score (nSPS) is 13.9. The van der Waals surface area contributed by atoms with Gasteiger partial charge in [0, 0.05) is 0 Å². The SMILES string of the molecule is CC[C@H](C)[C@H](NC(=O)OCc1ccccc1)C(=O)N[C@@H](CC(C)C)C(=O)NC(C)(C)C(=O)OC. The van der Waals surface area contributed by atoms with Crippen molar-refractivity contribution in [3.8, 4) is 0 Å². The topological polar surface area (TPSA) is 123 Å². The fourth-order valence-electron chi connectivity index (χ4n) is 3.26. The van der Waals surface area contributed by atoms with E-state index in [2.05, 4.69) is 16.0 Å². The van der Waals surface area contributed by atoms with Crippen molar-refractivity contribution in [2.24, 2.45) is 11.8 Å². The van der Waals surface area contributed by atoms with Crippen molar-refractivity contribution < 1.29 is 28.7 Å². The van der Waals surface area contributed by atoms with Crippen LogP contribution in [-0.2, 0) is 30.5 Å². The minimum Gasteiger partial charge on any atom is -0.467 e. The number of esters is 1. The molecule has 1 aromatic rings. The number of methoxy groups -OCH3 is 1. The number of benzene rings is 1. The molecule has 190 valence electrons. The number of amides is 3. The Morgan fingerprint density at radius 3 is 2.12 bits per heavy atom. The highest BCUT2D eigenvalue weighted by atomic mass is 16.5. The van der Waals surface area contributed by atoms with Gasteiger partial charge < -0.3 is 25.4 Å². The molecular weight excluding hydrogens is 438 g/mol. The lowest BCUT2D eigenvalue weighted by atomic mass is 9.96. The maximum atomic E-state index is 13.2. The van der Waals surface area contributed by atoms with Gasteiger partial charge in [0.15, 0.2) is 0 Å². The average molecular weight is 478 g/mol. The van der Waals surface area contributed by atoms with Crippen LogP contribution in [0.3, 0.4) is 0 Å². The van der Waals surface area contributed by atoms with Gasteiger partial charge in [-0.2, -0.15) is 0 Å². The van der Waals surface area contributed by atoms with E-state index in [0.29, 0.717) is 12.8 Å². The van der Waals surface area contributed by atoms with E-state index in [4.69, 9.17) is 9.47 Å². The quantitative estimate of drug-likeness (QED) is 0.398. The van der Waals surface area contributed by atoms with Gasteiger partial charge >= 0.3 is 12.1 Å². The van der Waals surface area contributed by atoms with E-state index in [0.717, 1.165) is 5.56 Å². The van der Waals surface area contributed by atoms with Crippen LogP contribution in [-0.4, -0.2) is 48.6 Å². The molecule has 0 aliphatic rings. The van der Waals surface area contributed by atoms with Gasteiger partial charge in [-0.25, -0.2) is 9.59 Å². The molecule has 9 heteroatoms. The molecule has 1 rings (SSSR count). The van der Waals surface area contributed by atoms with Crippen LogP contribution in [0.15, 0.2) is 30.3 Å². The standard InChI is InChI=1S/C25H39N3O6/c1-8-17(4)20(27-24(32)34-15-18-12-10-9-11-13-18)22(30)26-19(14-16(2)3)21(29)28-25(5,6)23(31)33-7/h9-13,16-17,19-20H,8,14-15H2,1-7H3,(H,26,30)(H,27,32)(H,28,29)/t17-,19-,20-/m0/s1. The van der Waals surface area contributed by atoms with Gasteiger partial charge in [-0.05, 0) is 37.7 Å². The van der Waals surface area contributed by atoms with Gasteiger partial charge in [-0.1, -0.05) is 64.4 Å². The van der Waals surface area contributed by atoms with E-state index in [-0.39, 0.29) is 18.4 Å². The number of rotatable bonds is 12. The largest absolute Gasteiger partial charge is 0.467 e. The third kappa shape index (κ3) is 9.41. The fourth-order valence-corrected chi connectivity index (χ4v) is 3.26. The van der Waals surface area contributed by atoms with E-state index < -0.39 is 41.5 Å². The van der Waals surface area contributed by atoms with Crippen LogP contribution in [0.4, 0.5) is 4.79 Å². The molecule has 0 radical (unpaired) electrons. The van der Waals surface area contributed by atoms with Crippen LogP contribution < -0.4 is 16.0 Å². The van der Waals surface area contributed by atoms with Crippen LogP contribution >= 0.6 is 0 Å². The van der Waals surface area contributed by atoms with E-state index in [1.807, 2.05) is 58.0 Å². The highest BCUT2D eigenvalue weighted by Gasteiger charge is 2.35. The molecule has 0 bridgehead atoms. The number of hydrogen-bond donors (Lipinski definition) is 3. The fraction of sp³-hybridized carbons (Fsp3) is 0.600. The number of ether oxygens (including phenoxy) is 2. The minimum absolute atomic E-state index is 0.0719. The smallest absolute Gasteiger partial charge is 0.408 e. The third-order valence-corrected chi connectivity index (χ3v) is 5.45. The number of carbonyl (C=O) groups excluding carboxylic acids is 4. The predicted molar refractivity (Wildman–Crippen MR) is 129 cm³/mol. The van der Waals surface area contributed by atoms with Crippen LogP contribution in [0, 0.1) is 11.8 Å². The Hall–Kier alpha value is -3.10. The average Bonchev–Trinajstić information content (AvgIpc) is 2.79. The summed E-state index contributed by atoms with van der Waals surface area (Å²) >= 11 is 0. The molecule has 0 unspecified atom stereocenters. The Morgan fingerprint density at radius 2 is 1.59 bits per heavy atom. The van der Waals surface area contributed by atoms with Crippen molar-refractivity contribution in [1.82, 2.24) is 16.0 Å². The molecular formula is C25H39N3O6. The molecule has 1 aromatic carbocycles. The minimum atomic E-state index is -1.26. The molecule has 3 atom stereocenters. The third-order valence-electron chi connectivity index (χ3n) is 5.45. The first kappa shape index (κ1) is 28.9. The Labute approximate surface area is 202 Å². The van der Waals surface area contributed by atoms with Gasteiger partial charge in [-0.3, -0.25) is 9.59 Å². The zero-order chi connectivity index (χ0) is 25.9. The molecule has 3 N–H and O–H groups in total. The molecule has 0 saturated carbocycles. The molecule has 34 heavy (non-hydrogen) atoms. The Kier molecular flexibility index (Phi) is 11.5. The zero-order valence-corrected chi connectivity index (χ0v) is 21.3. The molecule has 0 fully saturated rings. The second-order valence-electron chi connectivity index (χ2n) is 9.37. The Bertz CT molecular complexity index is 825.